The van der Waals surface area contributed by atoms with Crippen molar-refractivity contribution in [2.24, 2.45) is 0 Å². The maximum atomic E-state index is 11.8. The molecule has 3 nitrogen and oxygen atoms in total. The molecule has 0 aromatic heterocycles. The first-order valence-corrected chi connectivity index (χ1v) is 3.94. The minimum atomic E-state index is -4.77. The molecular formula is C7H11F3N2O. The number of amides is 1. The number of carbonyl (C=O) groups is 1. The topological polar surface area (TPSA) is 33.5 Å². The molecule has 1 amide bonds. The SMILES string of the molecule is [CH2-][NH+]1CC[C@H](NC(=O)C(F)(F)F)C1. The van der Waals surface area contributed by atoms with Gasteiger partial charge in [-0.3, -0.25) is 4.79 Å². The molecule has 76 valence electrons. The molecule has 0 aliphatic carbocycles. The van der Waals surface area contributed by atoms with Crippen LogP contribution < -0.4 is 10.2 Å². The maximum absolute atomic E-state index is 11.8. The van der Waals surface area contributed by atoms with Crippen LogP contribution in [0.25, 0.3) is 0 Å². The van der Waals surface area contributed by atoms with Gasteiger partial charge in [0.2, 0.25) is 0 Å². The van der Waals surface area contributed by atoms with Gasteiger partial charge in [-0.1, -0.05) is 0 Å². The monoisotopic (exact) mass is 196 g/mol. The molecule has 1 unspecified atom stereocenters. The molecule has 0 bridgehead atoms. The third-order valence-corrected chi connectivity index (χ3v) is 1.97. The molecular weight excluding hydrogens is 185 g/mol. The van der Waals surface area contributed by atoms with Crippen molar-refractivity contribution in [3.8, 4) is 0 Å². The summed E-state index contributed by atoms with van der Waals surface area (Å²) in [4.78, 5) is 11.4. The molecule has 0 spiro atoms. The highest BCUT2D eigenvalue weighted by molar-refractivity contribution is 5.81. The van der Waals surface area contributed by atoms with Crippen LogP contribution in [-0.2, 0) is 4.79 Å². The maximum Gasteiger partial charge on any atom is 0.471 e. The fraction of sp³-hybridized carbons (Fsp3) is 0.714. The first-order valence-electron chi connectivity index (χ1n) is 3.94. The Balaban J connectivity index is 2.37. The number of halogens is 3. The predicted molar refractivity (Wildman–Crippen MR) is 38.7 cm³/mol. The van der Waals surface area contributed by atoms with E-state index in [-0.39, 0.29) is 6.04 Å². The highest BCUT2D eigenvalue weighted by atomic mass is 19.4. The van der Waals surface area contributed by atoms with Crippen molar-refractivity contribution >= 4 is 5.91 Å². The Bertz CT molecular complexity index is 204. The van der Waals surface area contributed by atoms with Crippen LogP contribution in [0.1, 0.15) is 6.42 Å². The molecule has 2 N–H and O–H groups in total. The summed E-state index contributed by atoms with van der Waals surface area (Å²) in [5.74, 6) is -1.85. The Morgan fingerprint density at radius 2 is 2.15 bits per heavy atom. The highest BCUT2D eigenvalue weighted by Crippen LogP contribution is 2.14. The summed E-state index contributed by atoms with van der Waals surface area (Å²) >= 11 is 0. The van der Waals surface area contributed by atoms with E-state index >= 15 is 0 Å². The van der Waals surface area contributed by atoms with Crippen LogP contribution in [0, 0.1) is 7.05 Å². The second-order valence-corrected chi connectivity index (χ2v) is 3.16. The summed E-state index contributed by atoms with van der Waals surface area (Å²) in [5.41, 5.74) is 0. The van der Waals surface area contributed by atoms with Crippen LogP contribution in [0.4, 0.5) is 13.2 Å². The second-order valence-electron chi connectivity index (χ2n) is 3.16. The summed E-state index contributed by atoms with van der Waals surface area (Å²) in [7, 11) is 3.64. The van der Waals surface area contributed by atoms with Gasteiger partial charge in [0.05, 0.1) is 19.1 Å². The zero-order valence-electron chi connectivity index (χ0n) is 6.95. The van der Waals surface area contributed by atoms with E-state index in [4.69, 9.17) is 0 Å². The van der Waals surface area contributed by atoms with Gasteiger partial charge in [0.15, 0.2) is 0 Å². The molecule has 2 atom stereocenters. The summed E-state index contributed by atoms with van der Waals surface area (Å²) in [6.07, 6.45) is -4.22. The molecule has 13 heavy (non-hydrogen) atoms. The van der Waals surface area contributed by atoms with Gasteiger partial charge in [0, 0.05) is 6.42 Å². The highest BCUT2D eigenvalue weighted by Gasteiger charge is 2.40. The van der Waals surface area contributed by atoms with Gasteiger partial charge in [0.1, 0.15) is 0 Å². The number of hydrogen-bond donors (Lipinski definition) is 2. The van der Waals surface area contributed by atoms with Gasteiger partial charge in [-0.15, -0.1) is 0 Å². The van der Waals surface area contributed by atoms with Gasteiger partial charge < -0.3 is 10.2 Å². The molecule has 1 heterocycles. The Morgan fingerprint density at radius 3 is 2.54 bits per heavy atom. The fourth-order valence-electron chi connectivity index (χ4n) is 1.32. The molecule has 1 aliphatic heterocycles. The molecule has 1 aliphatic rings. The number of hydrogen-bond acceptors (Lipinski definition) is 1. The molecule has 0 radical (unpaired) electrons. The predicted octanol–water partition coefficient (Wildman–Crippen LogP) is -0.886. The number of likely N-dealkylation sites (tertiary alicyclic amines) is 1. The van der Waals surface area contributed by atoms with Crippen molar-refractivity contribution < 1.29 is 22.9 Å². The van der Waals surface area contributed by atoms with Gasteiger partial charge in [-0.25, -0.2) is 0 Å². The quantitative estimate of drug-likeness (QED) is 0.524. The molecule has 0 aromatic carbocycles. The lowest BCUT2D eigenvalue weighted by molar-refractivity contribution is -0.840. The zero-order chi connectivity index (χ0) is 10.1. The zero-order valence-corrected chi connectivity index (χ0v) is 6.95. The van der Waals surface area contributed by atoms with E-state index < -0.39 is 12.1 Å². The Hall–Kier alpha value is -0.780. The Kier molecular flexibility index (Phi) is 2.80. The number of carbonyl (C=O) groups excluding carboxylic acids is 1. The third kappa shape index (κ3) is 2.87. The lowest BCUT2D eigenvalue weighted by Crippen LogP contribution is -3.05. The van der Waals surface area contributed by atoms with Crippen molar-refractivity contribution in [2.45, 2.75) is 18.6 Å². The van der Waals surface area contributed by atoms with Gasteiger partial charge >= 0.3 is 12.1 Å². The van der Waals surface area contributed by atoms with E-state index in [0.717, 1.165) is 4.90 Å². The molecule has 1 saturated heterocycles. The minimum Gasteiger partial charge on any atom is -0.466 e. The first kappa shape index (κ1) is 10.3. The van der Waals surface area contributed by atoms with Crippen molar-refractivity contribution in [3.63, 3.8) is 0 Å². The van der Waals surface area contributed by atoms with Crippen LogP contribution in [-0.4, -0.2) is 31.2 Å². The van der Waals surface area contributed by atoms with E-state index in [1.165, 1.54) is 0 Å². The van der Waals surface area contributed by atoms with Crippen LogP contribution in [0.5, 0.6) is 0 Å². The van der Waals surface area contributed by atoms with Crippen molar-refractivity contribution in [1.29, 1.82) is 0 Å². The van der Waals surface area contributed by atoms with Crippen LogP contribution >= 0.6 is 0 Å². The second kappa shape index (κ2) is 3.53. The van der Waals surface area contributed by atoms with Crippen LogP contribution in [0.2, 0.25) is 0 Å². The number of quaternary nitrogens is 1. The molecule has 0 aromatic rings. The van der Waals surface area contributed by atoms with E-state index in [2.05, 4.69) is 7.05 Å². The van der Waals surface area contributed by atoms with Crippen molar-refractivity contribution in [3.05, 3.63) is 7.05 Å². The van der Waals surface area contributed by atoms with Crippen molar-refractivity contribution in [1.82, 2.24) is 5.32 Å². The molecule has 6 heteroatoms. The van der Waals surface area contributed by atoms with E-state index in [0.29, 0.717) is 19.5 Å². The summed E-state index contributed by atoms with van der Waals surface area (Å²) in [5, 5.41) is 1.92. The smallest absolute Gasteiger partial charge is 0.466 e. The average Bonchev–Trinajstić information content (AvgIpc) is 2.33. The van der Waals surface area contributed by atoms with E-state index in [9.17, 15) is 18.0 Å². The third-order valence-electron chi connectivity index (χ3n) is 1.97. The number of nitrogens with one attached hydrogen (secondary N) is 2. The van der Waals surface area contributed by atoms with Crippen molar-refractivity contribution in [2.75, 3.05) is 13.1 Å². The fourth-order valence-corrected chi connectivity index (χ4v) is 1.32. The summed E-state index contributed by atoms with van der Waals surface area (Å²) < 4.78 is 35.3. The van der Waals surface area contributed by atoms with Crippen LogP contribution in [0.3, 0.4) is 0 Å². The van der Waals surface area contributed by atoms with Gasteiger partial charge in [0.25, 0.3) is 0 Å². The van der Waals surface area contributed by atoms with Crippen LogP contribution in [0.15, 0.2) is 0 Å². The Morgan fingerprint density at radius 1 is 1.54 bits per heavy atom. The lowest BCUT2D eigenvalue weighted by Gasteiger charge is -2.14. The van der Waals surface area contributed by atoms with Gasteiger partial charge in [-0.05, 0) is 0 Å². The largest absolute Gasteiger partial charge is 0.471 e. The standard InChI is InChI=1S/C7H11F3N2O/c1-12-3-2-5(4-12)11-6(13)7(8,9)10/h5,12H,1-4H2,(H,11,13)/t5-/m0/s1. The average molecular weight is 196 g/mol. The number of rotatable bonds is 1. The summed E-state index contributed by atoms with van der Waals surface area (Å²) in [6, 6.07) is -0.387. The first-order chi connectivity index (χ1) is 5.89. The van der Waals surface area contributed by atoms with E-state index in [1.807, 2.05) is 5.32 Å². The molecule has 1 rings (SSSR count). The lowest BCUT2D eigenvalue weighted by atomic mass is 10.2. The number of alkyl halides is 3. The van der Waals surface area contributed by atoms with E-state index in [1.54, 1.807) is 0 Å². The Labute approximate surface area is 73.9 Å². The normalized spacial score (nSPS) is 28.9. The molecule has 1 fully saturated rings. The molecule has 0 saturated carbocycles. The summed E-state index contributed by atoms with van der Waals surface area (Å²) in [6.45, 7) is 1.16. The minimum absolute atomic E-state index is 0.387. The van der Waals surface area contributed by atoms with Gasteiger partial charge in [-0.2, -0.15) is 20.2 Å².